The van der Waals surface area contributed by atoms with Crippen molar-refractivity contribution in [2.45, 2.75) is 51.8 Å². The molecule has 1 aromatic rings. The highest BCUT2D eigenvalue weighted by atomic mass is 19.1. The van der Waals surface area contributed by atoms with E-state index in [0.29, 0.717) is 13.0 Å². The van der Waals surface area contributed by atoms with Crippen LogP contribution in [0.3, 0.4) is 0 Å². The average Bonchev–Trinajstić information content (AvgIpc) is 3.10. The molecule has 4 N–H and O–H groups in total. The lowest BCUT2D eigenvalue weighted by molar-refractivity contribution is -0.126. The summed E-state index contributed by atoms with van der Waals surface area (Å²) in [5, 5.41) is 17.4. The van der Waals surface area contributed by atoms with E-state index >= 15 is 0 Å². The molecule has 1 heterocycles. The van der Waals surface area contributed by atoms with Crippen LogP contribution in [0.5, 0.6) is 0 Å². The zero-order valence-electron chi connectivity index (χ0n) is 19.1. The minimum atomic E-state index is -2.54. The van der Waals surface area contributed by atoms with Crippen molar-refractivity contribution >= 4 is 17.9 Å². The first kappa shape index (κ1) is 20.6. The van der Waals surface area contributed by atoms with Gasteiger partial charge in [0.25, 0.3) is 0 Å². The molecule has 1 saturated heterocycles. The Morgan fingerprint density at radius 2 is 2.03 bits per heavy atom. The van der Waals surface area contributed by atoms with E-state index < -0.39 is 36.5 Å². The molecule has 166 valence electrons. The van der Waals surface area contributed by atoms with Crippen LogP contribution in [0.1, 0.15) is 41.4 Å². The number of aliphatic hydroxyl groups excluding tert-OH is 1. The molecule has 30 heavy (non-hydrogen) atoms. The molecule has 2 rings (SSSR count). The number of alkyl carbamates (subject to hydrolysis) is 1. The Balaban J connectivity index is 2.01. The Hall–Kier alpha value is -2.68. The molecule has 0 aliphatic carbocycles. The molecule has 0 bridgehead atoms. The third kappa shape index (κ3) is 7.62. The molecule has 0 aromatic heterocycles. The van der Waals surface area contributed by atoms with Crippen LogP contribution in [0, 0.1) is 17.7 Å². The van der Waals surface area contributed by atoms with Crippen molar-refractivity contribution in [2.24, 2.45) is 11.8 Å². The lowest BCUT2D eigenvalue weighted by Gasteiger charge is -2.24. The summed E-state index contributed by atoms with van der Waals surface area (Å²) in [6.45, 7) is 1.32. The third-order valence-corrected chi connectivity index (χ3v) is 4.72. The predicted molar refractivity (Wildman–Crippen MR) is 108 cm³/mol. The Morgan fingerprint density at radius 3 is 2.60 bits per heavy atom. The Kier molecular flexibility index (Phi) is 7.89. The van der Waals surface area contributed by atoms with Gasteiger partial charge in [0.1, 0.15) is 18.4 Å². The van der Waals surface area contributed by atoms with E-state index in [4.69, 9.17) is 7.48 Å². The molecule has 0 saturated carbocycles. The maximum absolute atomic E-state index is 13.1. The maximum Gasteiger partial charge on any atom is 0.408 e. The summed E-state index contributed by atoms with van der Waals surface area (Å²) < 4.78 is 33.8. The summed E-state index contributed by atoms with van der Waals surface area (Å²) in [7, 11) is 0. The molecular weight excluding hydrogens is 393 g/mol. The fraction of sp³-hybridized carbons (Fsp3) is 0.571. The smallest absolute Gasteiger partial charge is 0.408 e. The zero-order valence-corrected chi connectivity index (χ0v) is 17.1. The highest BCUT2D eigenvalue weighted by Gasteiger charge is 2.30. The molecule has 0 radical (unpaired) electrons. The number of amides is 3. The normalized spacial score (nSPS) is 19.4. The number of benzene rings is 1. The number of nitrogens with one attached hydrogen (secondary N) is 3. The summed E-state index contributed by atoms with van der Waals surface area (Å²) in [4.78, 5) is 36.9. The van der Waals surface area contributed by atoms with Gasteiger partial charge in [-0.1, -0.05) is 26.0 Å². The first-order valence-corrected chi connectivity index (χ1v) is 9.96. The molecule has 9 heteroatoms. The fourth-order valence-electron chi connectivity index (χ4n) is 3.19. The van der Waals surface area contributed by atoms with E-state index in [1.807, 2.05) is 13.8 Å². The van der Waals surface area contributed by atoms with Gasteiger partial charge < -0.3 is 25.8 Å². The van der Waals surface area contributed by atoms with Gasteiger partial charge in [-0.3, -0.25) is 9.59 Å². The van der Waals surface area contributed by atoms with Crippen LogP contribution < -0.4 is 16.0 Å². The van der Waals surface area contributed by atoms with Crippen molar-refractivity contribution in [1.82, 2.24) is 16.0 Å². The number of carbonyl (C=O) groups excluding carboxylic acids is 3. The van der Waals surface area contributed by atoms with Gasteiger partial charge in [-0.2, -0.15) is 0 Å². The van der Waals surface area contributed by atoms with Crippen LogP contribution in [0.4, 0.5) is 9.18 Å². The third-order valence-electron chi connectivity index (χ3n) is 4.72. The van der Waals surface area contributed by atoms with Crippen molar-refractivity contribution in [3.05, 3.63) is 35.6 Å². The molecule has 1 aromatic carbocycles. The molecule has 0 spiro atoms. The van der Waals surface area contributed by atoms with Gasteiger partial charge in [-0.15, -0.1) is 0 Å². The average molecular weight is 425 g/mol. The van der Waals surface area contributed by atoms with Crippen molar-refractivity contribution in [3.63, 3.8) is 0 Å². The Labute approximate surface area is 178 Å². The maximum atomic E-state index is 13.1. The summed E-state index contributed by atoms with van der Waals surface area (Å²) in [6.07, 6.45) is -0.0393. The molecule has 1 fully saturated rings. The fourth-order valence-corrected chi connectivity index (χ4v) is 3.19. The van der Waals surface area contributed by atoms with E-state index in [0.717, 1.165) is 24.3 Å². The highest BCUT2D eigenvalue weighted by Crippen LogP contribution is 2.16. The monoisotopic (exact) mass is 425 g/mol. The van der Waals surface area contributed by atoms with E-state index in [1.54, 1.807) is 0 Å². The standard InChI is InChI=1S/C21H30FN3O5/c1-13(2)9-18(25-21(29)30-12-14-3-5-16(22)6-4-14)20(28)24-17(11-26)10-15-7-8-23-19(15)27/h3-6,13,15,17-18,26H,7-12H2,1-2H3,(H,23,27)(H,24,28)(H,25,29)/t15-,17-,18-/m0/s1/i12D2. The molecule has 8 nitrogen and oxygen atoms in total. The number of carbonyl (C=O) groups is 3. The number of halogens is 1. The molecule has 3 atom stereocenters. The molecule has 0 unspecified atom stereocenters. The van der Waals surface area contributed by atoms with Crippen LogP contribution in [0.25, 0.3) is 0 Å². The molecule has 1 aliphatic heterocycles. The minimum absolute atomic E-state index is 0.00750. The van der Waals surface area contributed by atoms with Crippen molar-refractivity contribution in [3.8, 4) is 0 Å². The first-order chi connectivity index (χ1) is 15.0. The van der Waals surface area contributed by atoms with Crippen molar-refractivity contribution < 1.29 is 31.4 Å². The highest BCUT2D eigenvalue weighted by molar-refractivity contribution is 5.86. The van der Waals surface area contributed by atoms with E-state index in [1.165, 1.54) is 0 Å². The van der Waals surface area contributed by atoms with Crippen LogP contribution in [-0.2, 0) is 20.9 Å². The summed E-state index contributed by atoms with van der Waals surface area (Å²) >= 11 is 0. The molecular formula is C21H30FN3O5. The summed E-state index contributed by atoms with van der Waals surface area (Å²) in [5.41, 5.74) is -0.0610. The van der Waals surface area contributed by atoms with Crippen molar-refractivity contribution in [1.29, 1.82) is 0 Å². The van der Waals surface area contributed by atoms with Gasteiger partial charge in [-0.05, 0) is 42.9 Å². The minimum Gasteiger partial charge on any atom is -0.445 e. The first-order valence-electron chi connectivity index (χ1n) is 11.0. The molecule has 3 amide bonds. The second-order valence-electron chi connectivity index (χ2n) is 7.73. The van der Waals surface area contributed by atoms with Gasteiger partial charge in [0.15, 0.2) is 0 Å². The van der Waals surface area contributed by atoms with E-state index in [9.17, 15) is 23.9 Å². The summed E-state index contributed by atoms with van der Waals surface area (Å²) in [6, 6.07) is 2.69. The van der Waals surface area contributed by atoms with E-state index in [2.05, 4.69) is 16.0 Å². The predicted octanol–water partition coefficient (Wildman–Crippen LogP) is 1.47. The second kappa shape index (κ2) is 11.5. The Bertz CT molecular complexity index is 807. The van der Waals surface area contributed by atoms with Gasteiger partial charge in [-0.25, -0.2) is 9.18 Å². The lowest BCUT2D eigenvalue weighted by atomic mass is 9.97. The quantitative estimate of drug-likeness (QED) is 0.453. The number of hydrogen-bond acceptors (Lipinski definition) is 5. The van der Waals surface area contributed by atoms with Crippen LogP contribution in [0.15, 0.2) is 24.3 Å². The SMILES string of the molecule is [2H]C([2H])(OC(=O)N[C@@H](CC(C)C)C(=O)N[C@H](CO)C[C@@H]1CCNC1=O)c1ccc(F)cc1. The van der Waals surface area contributed by atoms with Gasteiger partial charge in [0.05, 0.1) is 15.4 Å². The van der Waals surface area contributed by atoms with Crippen LogP contribution in [-0.4, -0.2) is 48.2 Å². The Morgan fingerprint density at radius 1 is 1.33 bits per heavy atom. The largest absolute Gasteiger partial charge is 0.445 e. The number of rotatable bonds is 10. The van der Waals surface area contributed by atoms with E-state index in [-0.39, 0.29) is 42.8 Å². The topological polar surface area (TPSA) is 117 Å². The van der Waals surface area contributed by atoms with Crippen LogP contribution >= 0.6 is 0 Å². The lowest BCUT2D eigenvalue weighted by Crippen LogP contribution is -2.51. The summed E-state index contributed by atoms with van der Waals surface area (Å²) in [5.74, 6) is -1.56. The zero-order chi connectivity index (χ0) is 23.9. The number of aliphatic hydroxyl groups is 1. The van der Waals surface area contributed by atoms with Crippen LogP contribution in [0.2, 0.25) is 0 Å². The van der Waals surface area contributed by atoms with Gasteiger partial charge >= 0.3 is 6.09 Å². The number of hydrogen-bond donors (Lipinski definition) is 4. The van der Waals surface area contributed by atoms with Gasteiger partial charge in [0.2, 0.25) is 11.8 Å². The van der Waals surface area contributed by atoms with Crippen molar-refractivity contribution in [2.75, 3.05) is 13.2 Å². The second-order valence-corrected chi connectivity index (χ2v) is 7.73. The molecule has 1 aliphatic rings. The number of ether oxygens (including phenoxy) is 1. The van der Waals surface area contributed by atoms with Gasteiger partial charge in [0, 0.05) is 12.5 Å².